The van der Waals surface area contributed by atoms with Crippen LogP contribution < -0.4 is 5.73 Å². The lowest BCUT2D eigenvalue weighted by Gasteiger charge is -2.09. The van der Waals surface area contributed by atoms with Crippen molar-refractivity contribution < 1.29 is 14.7 Å². The Bertz CT molecular complexity index is 683. The number of carboxylic acid groups (broad SMARTS) is 1. The van der Waals surface area contributed by atoms with Crippen LogP contribution in [0.15, 0.2) is 52.3 Å². The Balaban J connectivity index is 2.36. The van der Waals surface area contributed by atoms with Gasteiger partial charge in [-0.05, 0) is 31.2 Å². The summed E-state index contributed by atoms with van der Waals surface area (Å²) in [5.41, 5.74) is 7.14. The standard InChI is InChI=1S/C15H13NO3S/c1-9(17)10-6-7-14(12(16)8-10)20-13-5-3-2-4-11(13)15(18)19/h2-8H,16H2,1H3,(H,18,19). The molecule has 0 heterocycles. The van der Waals surface area contributed by atoms with Crippen molar-refractivity contribution in [1.29, 1.82) is 0 Å². The molecule has 0 amide bonds. The summed E-state index contributed by atoms with van der Waals surface area (Å²) in [5.74, 6) is -1.04. The second kappa shape index (κ2) is 5.79. The number of anilines is 1. The summed E-state index contributed by atoms with van der Waals surface area (Å²) in [5, 5.41) is 9.14. The summed E-state index contributed by atoms with van der Waals surface area (Å²) in [4.78, 5) is 23.8. The number of aromatic carboxylic acids is 1. The summed E-state index contributed by atoms with van der Waals surface area (Å²) >= 11 is 1.27. The van der Waals surface area contributed by atoms with Gasteiger partial charge < -0.3 is 10.8 Å². The Hall–Kier alpha value is -2.27. The van der Waals surface area contributed by atoms with Gasteiger partial charge in [0.15, 0.2) is 5.78 Å². The Morgan fingerprint density at radius 2 is 1.80 bits per heavy atom. The summed E-state index contributed by atoms with van der Waals surface area (Å²) in [6, 6.07) is 11.7. The van der Waals surface area contributed by atoms with E-state index in [1.54, 1.807) is 42.5 Å². The monoisotopic (exact) mass is 287 g/mol. The molecule has 20 heavy (non-hydrogen) atoms. The van der Waals surface area contributed by atoms with Gasteiger partial charge in [0.05, 0.1) is 5.56 Å². The molecule has 4 nitrogen and oxygen atoms in total. The highest BCUT2D eigenvalue weighted by Crippen LogP contribution is 2.34. The van der Waals surface area contributed by atoms with Gasteiger partial charge >= 0.3 is 5.97 Å². The minimum atomic E-state index is -0.980. The molecule has 2 rings (SSSR count). The first-order valence-electron chi connectivity index (χ1n) is 5.89. The number of carboxylic acids is 1. The normalized spacial score (nSPS) is 10.2. The number of hydrogen-bond acceptors (Lipinski definition) is 4. The molecule has 2 aromatic carbocycles. The van der Waals surface area contributed by atoms with Gasteiger partial charge in [-0.2, -0.15) is 0 Å². The molecule has 0 saturated carbocycles. The van der Waals surface area contributed by atoms with Gasteiger partial charge in [-0.15, -0.1) is 0 Å². The number of carbonyl (C=O) groups excluding carboxylic acids is 1. The third kappa shape index (κ3) is 3.00. The number of benzene rings is 2. The van der Waals surface area contributed by atoms with E-state index in [-0.39, 0.29) is 11.3 Å². The predicted molar refractivity (Wildman–Crippen MR) is 78.4 cm³/mol. The van der Waals surface area contributed by atoms with Gasteiger partial charge in [0.1, 0.15) is 0 Å². The highest BCUT2D eigenvalue weighted by molar-refractivity contribution is 7.99. The molecule has 0 radical (unpaired) electrons. The van der Waals surface area contributed by atoms with Gasteiger partial charge in [-0.25, -0.2) is 4.79 Å². The molecule has 0 bridgehead atoms. The van der Waals surface area contributed by atoms with E-state index < -0.39 is 5.97 Å². The van der Waals surface area contributed by atoms with Crippen molar-refractivity contribution >= 4 is 29.2 Å². The minimum absolute atomic E-state index is 0.0563. The quantitative estimate of drug-likeness (QED) is 0.666. The van der Waals surface area contributed by atoms with Crippen LogP contribution in [0.5, 0.6) is 0 Å². The second-order valence-corrected chi connectivity index (χ2v) is 5.30. The second-order valence-electron chi connectivity index (χ2n) is 4.21. The fraction of sp³-hybridized carbons (Fsp3) is 0.0667. The Labute approximate surface area is 120 Å². The van der Waals surface area contributed by atoms with Gasteiger partial charge in [0.2, 0.25) is 0 Å². The molecule has 2 aromatic rings. The highest BCUT2D eigenvalue weighted by Gasteiger charge is 2.12. The van der Waals surface area contributed by atoms with Crippen molar-refractivity contribution in [2.45, 2.75) is 16.7 Å². The van der Waals surface area contributed by atoms with Crippen molar-refractivity contribution in [3.05, 3.63) is 53.6 Å². The molecule has 0 aliphatic rings. The van der Waals surface area contributed by atoms with Crippen molar-refractivity contribution in [2.75, 3.05) is 5.73 Å². The zero-order valence-corrected chi connectivity index (χ0v) is 11.6. The number of nitrogen functional groups attached to an aromatic ring is 1. The number of ketones is 1. The first-order chi connectivity index (χ1) is 9.49. The Kier molecular flexibility index (Phi) is 4.10. The molecule has 102 valence electrons. The number of hydrogen-bond donors (Lipinski definition) is 2. The Morgan fingerprint density at radius 3 is 2.40 bits per heavy atom. The molecule has 0 aliphatic carbocycles. The van der Waals surface area contributed by atoms with Crippen LogP contribution in [0.3, 0.4) is 0 Å². The van der Waals surface area contributed by atoms with E-state index in [0.717, 1.165) is 4.90 Å². The van der Waals surface area contributed by atoms with Crippen molar-refractivity contribution in [3.8, 4) is 0 Å². The van der Waals surface area contributed by atoms with E-state index in [0.29, 0.717) is 16.1 Å². The molecule has 3 N–H and O–H groups in total. The zero-order chi connectivity index (χ0) is 14.7. The fourth-order valence-electron chi connectivity index (χ4n) is 1.71. The number of nitrogens with two attached hydrogens (primary N) is 1. The van der Waals surface area contributed by atoms with Gasteiger partial charge in [-0.3, -0.25) is 4.79 Å². The lowest BCUT2D eigenvalue weighted by Crippen LogP contribution is -1.99. The first kappa shape index (κ1) is 14.1. The van der Waals surface area contributed by atoms with Crippen molar-refractivity contribution in [1.82, 2.24) is 0 Å². The topological polar surface area (TPSA) is 80.4 Å². The molecular weight excluding hydrogens is 274 g/mol. The number of rotatable bonds is 4. The molecule has 0 saturated heterocycles. The van der Waals surface area contributed by atoms with Gasteiger partial charge in [-0.1, -0.05) is 30.0 Å². The summed E-state index contributed by atoms with van der Waals surface area (Å²) in [7, 11) is 0. The van der Waals surface area contributed by atoms with Crippen LogP contribution in [0.1, 0.15) is 27.6 Å². The zero-order valence-electron chi connectivity index (χ0n) is 10.8. The predicted octanol–water partition coefficient (Wildman–Crippen LogP) is 3.32. The lowest BCUT2D eigenvalue weighted by molar-refractivity contribution is 0.0693. The van der Waals surface area contributed by atoms with E-state index in [1.165, 1.54) is 18.7 Å². The summed E-state index contributed by atoms with van der Waals surface area (Å²) in [6.07, 6.45) is 0. The van der Waals surface area contributed by atoms with E-state index in [2.05, 4.69) is 0 Å². The van der Waals surface area contributed by atoms with Crippen molar-refractivity contribution in [2.24, 2.45) is 0 Å². The average Bonchev–Trinajstić information content (AvgIpc) is 2.41. The molecule has 0 aromatic heterocycles. The lowest BCUT2D eigenvalue weighted by atomic mass is 10.1. The van der Waals surface area contributed by atoms with E-state index in [9.17, 15) is 9.59 Å². The smallest absolute Gasteiger partial charge is 0.336 e. The van der Waals surface area contributed by atoms with E-state index in [1.807, 2.05) is 0 Å². The molecule has 0 aliphatic heterocycles. The first-order valence-corrected chi connectivity index (χ1v) is 6.71. The van der Waals surface area contributed by atoms with Crippen LogP contribution in [0.4, 0.5) is 5.69 Å². The SMILES string of the molecule is CC(=O)c1ccc(Sc2ccccc2C(=O)O)c(N)c1. The summed E-state index contributed by atoms with van der Waals surface area (Å²) < 4.78 is 0. The van der Waals surface area contributed by atoms with Gasteiger partial charge in [0, 0.05) is 21.0 Å². The minimum Gasteiger partial charge on any atom is -0.478 e. The number of carbonyl (C=O) groups is 2. The van der Waals surface area contributed by atoms with Gasteiger partial charge in [0.25, 0.3) is 0 Å². The van der Waals surface area contributed by atoms with Crippen LogP contribution in [0.25, 0.3) is 0 Å². The molecular formula is C15H13NO3S. The van der Waals surface area contributed by atoms with E-state index >= 15 is 0 Å². The molecule has 0 fully saturated rings. The molecule has 5 heteroatoms. The fourth-order valence-corrected chi connectivity index (χ4v) is 2.67. The maximum Gasteiger partial charge on any atom is 0.336 e. The maximum absolute atomic E-state index is 11.3. The van der Waals surface area contributed by atoms with Crippen LogP contribution >= 0.6 is 11.8 Å². The van der Waals surface area contributed by atoms with Crippen LogP contribution in [-0.2, 0) is 0 Å². The van der Waals surface area contributed by atoms with Crippen LogP contribution in [-0.4, -0.2) is 16.9 Å². The molecule has 0 spiro atoms. The van der Waals surface area contributed by atoms with Crippen LogP contribution in [0, 0.1) is 0 Å². The highest BCUT2D eigenvalue weighted by atomic mass is 32.2. The largest absolute Gasteiger partial charge is 0.478 e. The third-order valence-corrected chi connectivity index (χ3v) is 3.92. The Morgan fingerprint density at radius 1 is 1.10 bits per heavy atom. The van der Waals surface area contributed by atoms with E-state index in [4.69, 9.17) is 10.8 Å². The average molecular weight is 287 g/mol. The summed E-state index contributed by atoms with van der Waals surface area (Å²) in [6.45, 7) is 1.47. The molecule has 0 unspecified atom stereocenters. The van der Waals surface area contributed by atoms with Crippen LogP contribution in [0.2, 0.25) is 0 Å². The van der Waals surface area contributed by atoms with Crippen molar-refractivity contribution in [3.63, 3.8) is 0 Å². The molecule has 0 atom stereocenters. The maximum atomic E-state index is 11.3. The number of Topliss-reactive ketones (excluding diaryl/α,β-unsaturated/α-hetero) is 1. The third-order valence-electron chi connectivity index (χ3n) is 2.75.